The second kappa shape index (κ2) is 11.9. The number of hydrogen-bond donors (Lipinski definition) is 1. The van der Waals surface area contributed by atoms with Crippen LogP contribution in [0.4, 0.5) is 5.69 Å². The highest BCUT2D eigenvalue weighted by atomic mass is 32.2. The Kier molecular flexibility index (Phi) is 8.39. The van der Waals surface area contributed by atoms with Gasteiger partial charge < -0.3 is 24.3 Å². The van der Waals surface area contributed by atoms with Gasteiger partial charge in [-0.2, -0.15) is 0 Å². The minimum atomic E-state index is -4.01. The molecule has 10 heteroatoms. The van der Waals surface area contributed by atoms with Crippen molar-refractivity contribution < 1.29 is 32.2 Å². The van der Waals surface area contributed by atoms with Gasteiger partial charge in [-0.05, 0) is 54.8 Å². The molecule has 0 radical (unpaired) electrons. The first-order valence-corrected chi connectivity index (χ1v) is 13.3. The third-order valence-corrected chi connectivity index (χ3v) is 7.63. The molecule has 0 spiro atoms. The van der Waals surface area contributed by atoms with E-state index < -0.39 is 15.9 Å². The van der Waals surface area contributed by atoms with E-state index >= 15 is 0 Å². The number of ether oxygens (including phenoxy) is 4. The predicted molar refractivity (Wildman–Crippen MR) is 139 cm³/mol. The third-order valence-electron chi connectivity index (χ3n) is 5.84. The molecule has 0 bridgehead atoms. The molecule has 37 heavy (non-hydrogen) atoms. The average Bonchev–Trinajstić information content (AvgIpc) is 2.94. The zero-order valence-corrected chi connectivity index (χ0v) is 21.6. The maximum atomic E-state index is 13.5. The molecular weight excluding hydrogens is 496 g/mol. The summed E-state index contributed by atoms with van der Waals surface area (Å²) >= 11 is 0. The minimum Gasteiger partial charge on any atom is -0.493 e. The van der Waals surface area contributed by atoms with E-state index in [1.54, 1.807) is 50.6 Å². The highest BCUT2D eigenvalue weighted by molar-refractivity contribution is 7.92. The Morgan fingerprint density at radius 2 is 1.65 bits per heavy atom. The fourth-order valence-corrected chi connectivity index (χ4v) is 5.40. The van der Waals surface area contributed by atoms with E-state index in [1.807, 2.05) is 18.2 Å². The number of hydrogen-bond acceptors (Lipinski definition) is 7. The number of rotatable bonds is 11. The Balaban J connectivity index is 1.45. The van der Waals surface area contributed by atoms with Crippen molar-refractivity contribution in [1.29, 1.82) is 0 Å². The molecule has 0 fully saturated rings. The van der Waals surface area contributed by atoms with Crippen LogP contribution in [-0.4, -0.2) is 54.8 Å². The van der Waals surface area contributed by atoms with Crippen LogP contribution in [0.2, 0.25) is 0 Å². The summed E-state index contributed by atoms with van der Waals surface area (Å²) in [7, 11) is -0.848. The van der Waals surface area contributed by atoms with Crippen LogP contribution in [0.5, 0.6) is 23.0 Å². The molecule has 1 N–H and O–H groups in total. The first-order chi connectivity index (χ1) is 17.9. The van der Waals surface area contributed by atoms with Crippen molar-refractivity contribution in [1.82, 2.24) is 5.32 Å². The topological polar surface area (TPSA) is 103 Å². The van der Waals surface area contributed by atoms with Crippen LogP contribution < -0.4 is 28.6 Å². The highest BCUT2D eigenvalue weighted by Gasteiger charge is 2.28. The van der Waals surface area contributed by atoms with Crippen molar-refractivity contribution >= 4 is 21.6 Å². The molecule has 1 aliphatic heterocycles. The van der Waals surface area contributed by atoms with Gasteiger partial charge in [-0.3, -0.25) is 9.10 Å². The SMILES string of the molecule is COc1ccc(CCCNC(=O)CN(c2ccc3c(c2)OCCO3)S(=O)(=O)c2ccccc2)cc1OC. The van der Waals surface area contributed by atoms with E-state index in [1.165, 1.54) is 12.1 Å². The first-order valence-electron chi connectivity index (χ1n) is 11.9. The number of methoxy groups -OCH3 is 2. The smallest absolute Gasteiger partial charge is 0.264 e. The van der Waals surface area contributed by atoms with Gasteiger partial charge in [0.2, 0.25) is 5.91 Å². The number of carbonyl (C=O) groups is 1. The van der Waals surface area contributed by atoms with Crippen LogP contribution in [0, 0.1) is 0 Å². The molecule has 196 valence electrons. The van der Waals surface area contributed by atoms with Crippen LogP contribution in [0.1, 0.15) is 12.0 Å². The van der Waals surface area contributed by atoms with Gasteiger partial charge in [-0.25, -0.2) is 8.42 Å². The van der Waals surface area contributed by atoms with Gasteiger partial charge in [0.1, 0.15) is 19.8 Å². The summed E-state index contributed by atoms with van der Waals surface area (Å²) in [6, 6.07) is 18.5. The number of nitrogens with zero attached hydrogens (tertiary/aromatic N) is 1. The lowest BCUT2D eigenvalue weighted by Crippen LogP contribution is -2.41. The maximum Gasteiger partial charge on any atom is 0.264 e. The Hall–Kier alpha value is -3.92. The molecule has 1 aliphatic rings. The molecule has 4 rings (SSSR count). The van der Waals surface area contributed by atoms with Crippen LogP contribution in [0.25, 0.3) is 0 Å². The Bertz CT molecular complexity index is 1330. The fourth-order valence-electron chi connectivity index (χ4n) is 3.96. The van der Waals surface area contributed by atoms with Gasteiger partial charge in [0, 0.05) is 12.6 Å². The van der Waals surface area contributed by atoms with Gasteiger partial charge in [0.05, 0.1) is 24.8 Å². The van der Waals surface area contributed by atoms with E-state index in [-0.39, 0.29) is 11.4 Å². The number of carbonyl (C=O) groups excluding carboxylic acids is 1. The van der Waals surface area contributed by atoms with E-state index in [0.717, 1.165) is 9.87 Å². The van der Waals surface area contributed by atoms with Crippen molar-refractivity contribution in [2.45, 2.75) is 17.7 Å². The molecule has 0 aromatic heterocycles. The van der Waals surface area contributed by atoms with Gasteiger partial charge in [0.15, 0.2) is 23.0 Å². The van der Waals surface area contributed by atoms with Gasteiger partial charge in [0.25, 0.3) is 10.0 Å². The maximum absolute atomic E-state index is 13.5. The van der Waals surface area contributed by atoms with Gasteiger partial charge in [-0.1, -0.05) is 24.3 Å². The minimum absolute atomic E-state index is 0.0890. The zero-order valence-electron chi connectivity index (χ0n) is 20.8. The van der Waals surface area contributed by atoms with Gasteiger partial charge >= 0.3 is 0 Å². The molecule has 0 saturated carbocycles. The van der Waals surface area contributed by atoms with Gasteiger partial charge in [-0.15, -0.1) is 0 Å². The lowest BCUT2D eigenvalue weighted by atomic mass is 10.1. The number of sulfonamides is 1. The molecule has 3 aromatic carbocycles. The average molecular weight is 527 g/mol. The number of aryl methyl sites for hydroxylation is 1. The fraction of sp³-hybridized carbons (Fsp3) is 0.296. The number of anilines is 1. The second-order valence-electron chi connectivity index (χ2n) is 8.30. The highest BCUT2D eigenvalue weighted by Crippen LogP contribution is 2.35. The monoisotopic (exact) mass is 526 g/mol. The number of nitrogens with one attached hydrogen (secondary N) is 1. The molecule has 1 amide bonds. The molecule has 0 unspecified atom stereocenters. The lowest BCUT2D eigenvalue weighted by molar-refractivity contribution is -0.119. The standard InChI is InChI=1S/C27H30N2O7S/c1-33-23-12-10-20(17-25(23)34-2)7-6-14-28-27(30)19-29(37(31,32)22-8-4-3-5-9-22)21-11-13-24-26(18-21)36-16-15-35-24/h3-5,8-13,17-18H,6-7,14-16,19H2,1-2H3,(H,28,30). The second-order valence-corrected chi connectivity index (χ2v) is 10.2. The number of fused-ring (bicyclic) bond motifs is 1. The largest absolute Gasteiger partial charge is 0.493 e. The molecule has 3 aromatic rings. The Labute approximate surface area is 217 Å². The summed E-state index contributed by atoms with van der Waals surface area (Å²) in [6.07, 6.45) is 1.37. The molecule has 0 aliphatic carbocycles. The normalized spacial score (nSPS) is 12.5. The van der Waals surface area contributed by atoms with E-state index in [9.17, 15) is 13.2 Å². The molecular formula is C27H30N2O7S. The van der Waals surface area contributed by atoms with E-state index in [2.05, 4.69) is 5.32 Å². The van der Waals surface area contributed by atoms with Crippen LogP contribution >= 0.6 is 0 Å². The van der Waals surface area contributed by atoms with Crippen molar-refractivity contribution in [3.8, 4) is 23.0 Å². The zero-order chi connectivity index (χ0) is 26.3. The number of amides is 1. The lowest BCUT2D eigenvalue weighted by Gasteiger charge is -2.26. The molecule has 0 atom stereocenters. The Morgan fingerprint density at radius 1 is 0.919 bits per heavy atom. The van der Waals surface area contributed by atoms with Crippen molar-refractivity contribution in [2.75, 3.05) is 44.8 Å². The van der Waals surface area contributed by atoms with E-state index in [4.69, 9.17) is 18.9 Å². The summed E-state index contributed by atoms with van der Waals surface area (Å²) in [5.74, 6) is 1.85. The van der Waals surface area contributed by atoms with Crippen molar-refractivity contribution in [2.24, 2.45) is 0 Å². The van der Waals surface area contributed by atoms with Crippen molar-refractivity contribution in [3.63, 3.8) is 0 Å². The van der Waals surface area contributed by atoms with E-state index in [0.29, 0.717) is 61.3 Å². The summed E-state index contributed by atoms with van der Waals surface area (Å²) in [5.41, 5.74) is 1.35. The first kappa shape index (κ1) is 26.2. The quantitative estimate of drug-likeness (QED) is 0.382. The summed E-state index contributed by atoms with van der Waals surface area (Å²) in [5, 5.41) is 2.83. The third kappa shape index (κ3) is 6.26. The summed E-state index contributed by atoms with van der Waals surface area (Å²) in [4.78, 5) is 13.0. The summed E-state index contributed by atoms with van der Waals surface area (Å²) < 4.78 is 49.9. The predicted octanol–water partition coefficient (Wildman–Crippen LogP) is 3.42. The van der Waals surface area contributed by atoms with Crippen LogP contribution in [0.3, 0.4) is 0 Å². The van der Waals surface area contributed by atoms with Crippen LogP contribution in [-0.2, 0) is 21.2 Å². The summed E-state index contributed by atoms with van der Waals surface area (Å²) in [6.45, 7) is 0.785. The van der Waals surface area contributed by atoms with Crippen molar-refractivity contribution in [3.05, 3.63) is 72.3 Å². The Morgan fingerprint density at radius 3 is 2.38 bits per heavy atom. The molecule has 9 nitrogen and oxygen atoms in total. The molecule has 0 saturated heterocycles. The molecule has 1 heterocycles. The number of benzene rings is 3. The van der Waals surface area contributed by atoms with Crippen LogP contribution in [0.15, 0.2) is 71.6 Å².